The molecule has 1 aliphatic rings. The van der Waals surface area contributed by atoms with Gasteiger partial charge in [-0.3, -0.25) is 0 Å². The molecule has 9 aromatic carbocycles. The maximum Gasteiger partial charge on any atom is 0.137 e. The van der Waals surface area contributed by atoms with E-state index in [0.717, 1.165) is 84.3 Å². The normalized spacial score (nSPS) is 12.1. The third-order valence-corrected chi connectivity index (χ3v) is 11.2. The number of hydrogen-bond donors (Lipinski definition) is 0. The topological polar surface area (TPSA) is 22.9 Å². The van der Waals surface area contributed by atoms with Crippen LogP contribution in [0.4, 0.5) is 51.2 Å². The summed E-state index contributed by atoms with van der Waals surface area (Å²) in [6.07, 6.45) is 0. The molecular formula is C54H37N3O. The molecular weight excluding hydrogens is 707 g/mol. The van der Waals surface area contributed by atoms with Crippen LogP contribution in [-0.4, -0.2) is 0 Å². The van der Waals surface area contributed by atoms with Gasteiger partial charge in [0.05, 0.1) is 22.7 Å². The number of nitrogens with zero attached hydrogens (tertiary/aromatic N) is 3. The fraction of sp³-hybridized carbons (Fsp3) is 0. The molecule has 0 N–H and O–H groups in total. The van der Waals surface area contributed by atoms with Crippen LogP contribution in [0.1, 0.15) is 0 Å². The van der Waals surface area contributed by atoms with Gasteiger partial charge in [-0.1, -0.05) is 127 Å². The van der Waals surface area contributed by atoms with Crippen LogP contribution in [-0.2, 0) is 0 Å². The van der Waals surface area contributed by atoms with E-state index in [2.05, 4.69) is 227 Å². The lowest BCUT2D eigenvalue weighted by atomic mass is 10.0. The number of fused-ring (bicyclic) bond motifs is 5. The summed E-state index contributed by atoms with van der Waals surface area (Å²) in [4.78, 5) is 7.05. The number of furan rings is 1. The zero-order valence-electron chi connectivity index (χ0n) is 31.6. The Bertz CT molecular complexity index is 3020. The van der Waals surface area contributed by atoms with Crippen molar-refractivity contribution in [2.24, 2.45) is 0 Å². The van der Waals surface area contributed by atoms with Crippen LogP contribution in [0.2, 0.25) is 0 Å². The maximum absolute atomic E-state index is 6.37. The van der Waals surface area contributed by atoms with Gasteiger partial charge in [0.25, 0.3) is 0 Å². The van der Waals surface area contributed by atoms with Gasteiger partial charge in [-0.25, -0.2) is 0 Å². The highest BCUT2D eigenvalue weighted by Gasteiger charge is 2.30. The van der Waals surface area contributed by atoms with E-state index in [9.17, 15) is 0 Å². The second-order valence-corrected chi connectivity index (χ2v) is 14.6. The molecule has 274 valence electrons. The summed E-state index contributed by atoms with van der Waals surface area (Å²) in [5.41, 5.74) is 16.4. The lowest BCUT2D eigenvalue weighted by Gasteiger charge is -2.40. The Balaban J connectivity index is 0.976. The van der Waals surface area contributed by atoms with Gasteiger partial charge in [-0.2, -0.15) is 0 Å². The second-order valence-electron chi connectivity index (χ2n) is 14.6. The van der Waals surface area contributed by atoms with Crippen molar-refractivity contribution < 1.29 is 4.42 Å². The molecule has 0 radical (unpaired) electrons. The highest BCUT2D eigenvalue weighted by molar-refractivity contribution is 6.06. The Morgan fingerprint density at radius 3 is 1.38 bits per heavy atom. The highest BCUT2D eigenvalue weighted by Crippen LogP contribution is 2.54. The van der Waals surface area contributed by atoms with Crippen molar-refractivity contribution in [1.29, 1.82) is 0 Å². The summed E-state index contributed by atoms with van der Waals surface area (Å²) in [7, 11) is 0. The van der Waals surface area contributed by atoms with E-state index >= 15 is 0 Å². The standard InChI is InChI=1S/C54H37N3O/c1-3-14-38(15-4-1)39-26-30-43(31-27-39)55(46-34-35-48-47-20-7-12-25-53(47)58-54(48)37-46)44-32-28-40(29-33-44)41-16-13-19-45(36-41)57-51-23-10-8-21-49(51)56(42-17-5-2-6-18-42)50-22-9-11-24-52(50)57/h1-37H. The van der Waals surface area contributed by atoms with Crippen LogP contribution in [0, 0.1) is 0 Å². The minimum atomic E-state index is 0.866. The smallest absolute Gasteiger partial charge is 0.137 e. The van der Waals surface area contributed by atoms with Gasteiger partial charge in [-0.15, -0.1) is 0 Å². The first-order valence-electron chi connectivity index (χ1n) is 19.7. The molecule has 0 spiro atoms. The van der Waals surface area contributed by atoms with Crippen molar-refractivity contribution in [1.82, 2.24) is 0 Å². The number of para-hydroxylation sites is 6. The van der Waals surface area contributed by atoms with Crippen molar-refractivity contribution in [3.63, 3.8) is 0 Å². The monoisotopic (exact) mass is 743 g/mol. The molecule has 0 saturated heterocycles. The molecule has 10 aromatic rings. The van der Waals surface area contributed by atoms with E-state index in [1.54, 1.807) is 0 Å². The quantitative estimate of drug-likeness (QED) is 0.162. The number of rotatable bonds is 7. The van der Waals surface area contributed by atoms with E-state index in [4.69, 9.17) is 4.42 Å². The van der Waals surface area contributed by atoms with Gasteiger partial charge in [0, 0.05) is 45.3 Å². The van der Waals surface area contributed by atoms with E-state index < -0.39 is 0 Å². The zero-order chi connectivity index (χ0) is 38.4. The molecule has 0 unspecified atom stereocenters. The van der Waals surface area contributed by atoms with Crippen molar-refractivity contribution in [2.75, 3.05) is 14.7 Å². The number of benzene rings is 9. The highest BCUT2D eigenvalue weighted by atomic mass is 16.3. The lowest BCUT2D eigenvalue weighted by molar-refractivity contribution is 0.669. The zero-order valence-corrected chi connectivity index (χ0v) is 31.6. The SMILES string of the molecule is c1ccc(-c2ccc(N(c3ccc(-c4cccc(N5c6ccccc6N(c6ccccc6)c6ccccc65)c4)cc3)c3ccc4c(c3)oc3ccccc34)cc2)cc1. The summed E-state index contributed by atoms with van der Waals surface area (Å²) >= 11 is 0. The Hall–Kier alpha value is -7.82. The molecule has 0 bridgehead atoms. The van der Waals surface area contributed by atoms with Gasteiger partial charge in [0.2, 0.25) is 0 Å². The Morgan fingerprint density at radius 1 is 0.293 bits per heavy atom. The van der Waals surface area contributed by atoms with Crippen molar-refractivity contribution in [3.05, 3.63) is 224 Å². The van der Waals surface area contributed by atoms with Crippen LogP contribution in [0.25, 0.3) is 44.2 Å². The Morgan fingerprint density at radius 2 is 0.741 bits per heavy atom. The molecule has 0 fully saturated rings. The third kappa shape index (κ3) is 5.78. The Labute approximate surface area is 337 Å². The predicted octanol–water partition coefficient (Wildman–Crippen LogP) is 15.6. The summed E-state index contributed by atoms with van der Waals surface area (Å²) in [6, 6.07) is 79.8. The molecule has 0 saturated carbocycles. The van der Waals surface area contributed by atoms with Crippen LogP contribution in [0.5, 0.6) is 0 Å². The molecule has 11 rings (SSSR count). The summed E-state index contributed by atoms with van der Waals surface area (Å²) < 4.78 is 6.37. The first-order chi connectivity index (χ1) is 28.8. The van der Waals surface area contributed by atoms with Gasteiger partial charge in [0.15, 0.2) is 0 Å². The number of hydrogen-bond acceptors (Lipinski definition) is 4. The van der Waals surface area contributed by atoms with Crippen molar-refractivity contribution >= 4 is 73.1 Å². The molecule has 0 atom stereocenters. The molecule has 58 heavy (non-hydrogen) atoms. The van der Waals surface area contributed by atoms with Gasteiger partial charge in [0.1, 0.15) is 11.2 Å². The lowest BCUT2D eigenvalue weighted by Crippen LogP contribution is -2.23. The van der Waals surface area contributed by atoms with Crippen LogP contribution >= 0.6 is 0 Å². The van der Waals surface area contributed by atoms with Crippen LogP contribution < -0.4 is 14.7 Å². The second kappa shape index (κ2) is 14.0. The molecule has 1 aromatic heterocycles. The first kappa shape index (κ1) is 33.5. The predicted molar refractivity (Wildman–Crippen MR) is 242 cm³/mol. The molecule has 0 amide bonds. The number of anilines is 9. The van der Waals surface area contributed by atoms with E-state index in [1.807, 2.05) is 12.1 Å². The molecule has 2 heterocycles. The fourth-order valence-corrected chi connectivity index (χ4v) is 8.44. The van der Waals surface area contributed by atoms with Crippen LogP contribution in [0.15, 0.2) is 229 Å². The molecule has 1 aliphatic heterocycles. The first-order valence-corrected chi connectivity index (χ1v) is 19.7. The summed E-state index contributed by atoms with van der Waals surface area (Å²) in [5.74, 6) is 0. The van der Waals surface area contributed by atoms with Gasteiger partial charge >= 0.3 is 0 Å². The van der Waals surface area contributed by atoms with Gasteiger partial charge < -0.3 is 19.1 Å². The summed E-state index contributed by atoms with van der Waals surface area (Å²) in [6.45, 7) is 0. The fourth-order valence-electron chi connectivity index (χ4n) is 8.44. The average molecular weight is 744 g/mol. The van der Waals surface area contributed by atoms with Gasteiger partial charge in [-0.05, 0) is 113 Å². The van der Waals surface area contributed by atoms with E-state index in [0.29, 0.717) is 0 Å². The van der Waals surface area contributed by atoms with Crippen molar-refractivity contribution in [2.45, 2.75) is 0 Å². The van der Waals surface area contributed by atoms with Crippen molar-refractivity contribution in [3.8, 4) is 22.3 Å². The molecule has 4 heteroatoms. The molecule has 0 aliphatic carbocycles. The van der Waals surface area contributed by atoms with E-state index in [1.165, 1.54) is 11.1 Å². The molecule has 4 nitrogen and oxygen atoms in total. The average Bonchev–Trinajstić information content (AvgIpc) is 3.67. The largest absolute Gasteiger partial charge is 0.456 e. The minimum Gasteiger partial charge on any atom is -0.456 e. The minimum absolute atomic E-state index is 0.866. The third-order valence-electron chi connectivity index (χ3n) is 11.2. The van der Waals surface area contributed by atoms with Crippen LogP contribution in [0.3, 0.4) is 0 Å². The maximum atomic E-state index is 6.37. The van der Waals surface area contributed by atoms with E-state index in [-0.39, 0.29) is 0 Å². The summed E-state index contributed by atoms with van der Waals surface area (Å²) in [5, 5.41) is 2.24. The Kier molecular flexibility index (Phi) is 8.11.